The molecule has 1 atom stereocenters. The second kappa shape index (κ2) is 5.17. The van der Waals surface area contributed by atoms with Crippen molar-refractivity contribution in [2.75, 3.05) is 0 Å². The minimum Gasteiger partial charge on any atom is -0.388 e. The molecule has 19 heavy (non-hydrogen) atoms. The second-order valence-electron chi connectivity index (χ2n) is 5.20. The number of aryl methyl sites for hydroxylation is 1. The van der Waals surface area contributed by atoms with Crippen molar-refractivity contribution in [3.05, 3.63) is 47.5 Å². The Morgan fingerprint density at radius 1 is 1.26 bits per heavy atom. The SMILES string of the molecule is CC[C@H](O)c1ccccc1-n1cnc2c1CCCC2. The summed E-state index contributed by atoms with van der Waals surface area (Å²) < 4.78 is 2.17. The molecule has 1 aliphatic rings. The summed E-state index contributed by atoms with van der Waals surface area (Å²) in [7, 11) is 0. The van der Waals surface area contributed by atoms with E-state index in [1.54, 1.807) is 0 Å². The average molecular weight is 256 g/mol. The van der Waals surface area contributed by atoms with Crippen molar-refractivity contribution in [3.8, 4) is 5.69 Å². The third-order valence-electron chi connectivity index (χ3n) is 3.97. The number of fused-ring (bicyclic) bond motifs is 1. The minimum absolute atomic E-state index is 0.405. The van der Waals surface area contributed by atoms with Crippen LogP contribution in [0.1, 0.15) is 49.2 Å². The molecule has 1 aliphatic carbocycles. The molecule has 1 heterocycles. The lowest BCUT2D eigenvalue weighted by molar-refractivity contribution is 0.173. The highest BCUT2D eigenvalue weighted by atomic mass is 16.3. The van der Waals surface area contributed by atoms with E-state index in [0.29, 0.717) is 0 Å². The van der Waals surface area contributed by atoms with Gasteiger partial charge in [0.2, 0.25) is 0 Å². The molecule has 0 radical (unpaired) electrons. The first-order valence-corrected chi connectivity index (χ1v) is 7.13. The Kier molecular flexibility index (Phi) is 3.38. The standard InChI is InChI=1S/C16H20N2O/c1-2-16(19)12-7-3-5-9-14(12)18-11-17-13-8-4-6-10-15(13)18/h3,5,7,9,11,16,19H,2,4,6,8,10H2,1H3/t16-/m0/s1. The first kappa shape index (κ1) is 12.4. The Bertz CT molecular complexity index is 574. The predicted octanol–water partition coefficient (Wildman–Crippen LogP) is 3.19. The number of aliphatic hydroxyl groups excluding tert-OH is 1. The van der Waals surface area contributed by atoms with Gasteiger partial charge in [0.25, 0.3) is 0 Å². The zero-order chi connectivity index (χ0) is 13.2. The molecule has 0 fully saturated rings. The van der Waals surface area contributed by atoms with E-state index in [2.05, 4.69) is 15.6 Å². The fraction of sp³-hybridized carbons (Fsp3) is 0.438. The number of imidazole rings is 1. The molecule has 3 rings (SSSR count). The van der Waals surface area contributed by atoms with Crippen LogP contribution in [-0.2, 0) is 12.8 Å². The Hall–Kier alpha value is -1.61. The molecule has 100 valence electrons. The molecule has 1 aromatic heterocycles. The van der Waals surface area contributed by atoms with Crippen molar-refractivity contribution in [2.24, 2.45) is 0 Å². The number of nitrogens with zero attached hydrogens (tertiary/aromatic N) is 2. The largest absolute Gasteiger partial charge is 0.388 e. The molecule has 2 aromatic rings. The third kappa shape index (κ3) is 2.19. The molecule has 1 N–H and O–H groups in total. The summed E-state index contributed by atoms with van der Waals surface area (Å²) in [4.78, 5) is 4.54. The van der Waals surface area contributed by atoms with E-state index in [-0.39, 0.29) is 0 Å². The lowest BCUT2D eigenvalue weighted by Crippen LogP contribution is -2.09. The Morgan fingerprint density at radius 2 is 2.05 bits per heavy atom. The fourth-order valence-electron chi connectivity index (χ4n) is 2.89. The summed E-state index contributed by atoms with van der Waals surface area (Å²) in [5.41, 5.74) is 4.62. The van der Waals surface area contributed by atoms with Gasteiger partial charge in [-0.3, -0.25) is 0 Å². The van der Waals surface area contributed by atoms with Crippen LogP contribution < -0.4 is 0 Å². The number of rotatable bonds is 3. The molecule has 3 nitrogen and oxygen atoms in total. The van der Waals surface area contributed by atoms with Gasteiger partial charge in [-0.05, 0) is 38.2 Å². The molecule has 0 saturated heterocycles. The fourth-order valence-corrected chi connectivity index (χ4v) is 2.89. The Balaban J connectivity index is 2.09. The van der Waals surface area contributed by atoms with Crippen LogP contribution in [0.3, 0.4) is 0 Å². The predicted molar refractivity (Wildman–Crippen MR) is 75.5 cm³/mol. The number of hydrogen-bond donors (Lipinski definition) is 1. The Labute approximate surface area is 113 Å². The van der Waals surface area contributed by atoms with Gasteiger partial charge in [0.1, 0.15) is 0 Å². The van der Waals surface area contributed by atoms with Crippen molar-refractivity contribution in [1.82, 2.24) is 9.55 Å². The first-order valence-electron chi connectivity index (χ1n) is 7.13. The summed E-state index contributed by atoms with van der Waals surface area (Å²) in [6, 6.07) is 8.10. The van der Waals surface area contributed by atoms with E-state index in [0.717, 1.165) is 30.5 Å². The van der Waals surface area contributed by atoms with Gasteiger partial charge >= 0.3 is 0 Å². The van der Waals surface area contributed by atoms with Crippen LogP contribution in [0, 0.1) is 0 Å². The minimum atomic E-state index is -0.405. The van der Waals surface area contributed by atoms with E-state index in [4.69, 9.17) is 0 Å². The van der Waals surface area contributed by atoms with Crippen LogP contribution in [0.4, 0.5) is 0 Å². The molecule has 0 aliphatic heterocycles. The monoisotopic (exact) mass is 256 g/mol. The van der Waals surface area contributed by atoms with Gasteiger partial charge in [-0.1, -0.05) is 25.1 Å². The van der Waals surface area contributed by atoms with Gasteiger partial charge in [-0.25, -0.2) is 4.98 Å². The first-order chi connectivity index (χ1) is 9.31. The Morgan fingerprint density at radius 3 is 2.89 bits per heavy atom. The van der Waals surface area contributed by atoms with Gasteiger partial charge in [0.05, 0.1) is 23.8 Å². The normalized spacial score (nSPS) is 16.1. The number of aliphatic hydroxyl groups is 1. The summed E-state index contributed by atoms with van der Waals surface area (Å²) in [5, 5.41) is 10.2. The zero-order valence-corrected chi connectivity index (χ0v) is 11.3. The molecular weight excluding hydrogens is 236 g/mol. The zero-order valence-electron chi connectivity index (χ0n) is 11.3. The van der Waals surface area contributed by atoms with Crippen molar-refractivity contribution >= 4 is 0 Å². The van der Waals surface area contributed by atoms with Crippen LogP contribution >= 0.6 is 0 Å². The summed E-state index contributed by atoms with van der Waals surface area (Å²) in [6.45, 7) is 2.00. The van der Waals surface area contributed by atoms with Gasteiger partial charge in [0.15, 0.2) is 0 Å². The molecule has 1 aromatic carbocycles. The molecule has 0 spiro atoms. The molecular formula is C16H20N2O. The van der Waals surface area contributed by atoms with Gasteiger partial charge < -0.3 is 9.67 Å². The van der Waals surface area contributed by atoms with Crippen LogP contribution in [0.5, 0.6) is 0 Å². The molecule has 0 saturated carbocycles. The van der Waals surface area contributed by atoms with Crippen LogP contribution in [0.2, 0.25) is 0 Å². The highest BCUT2D eigenvalue weighted by molar-refractivity contribution is 5.44. The van der Waals surface area contributed by atoms with Crippen LogP contribution in [0.15, 0.2) is 30.6 Å². The van der Waals surface area contributed by atoms with Gasteiger partial charge in [0, 0.05) is 11.3 Å². The lowest BCUT2D eigenvalue weighted by atomic mass is 10.00. The summed E-state index contributed by atoms with van der Waals surface area (Å²) in [6.07, 6.45) is 6.89. The highest BCUT2D eigenvalue weighted by Crippen LogP contribution is 2.28. The number of para-hydroxylation sites is 1. The van der Waals surface area contributed by atoms with Crippen LogP contribution in [0.25, 0.3) is 5.69 Å². The maximum atomic E-state index is 10.2. The average Bonchev–Trinajstić information content (AvgIpc) is 2.90. The molecule has 0 amide bonds. The van der Waals surface area contributed by atoms with Crippen molar-refractivity contribution < 1.29 is 5.11 Å². The maximum Gasteiger partial charge on any atom is 0.0997 e. The number of aromatic nitrogens is 2. The maximum absolute atomic E-state index is 10.2. The molecule has 3 heteroatoms. The lowest BCUT2D eigenvalue weighted by Gasteiger charge is -2.18. The van der Waals surface area contributed by atoms with Crippen molar-refractivity contribution in [3.63, 3.8) is 0 Å². The molecule has 0 unspecified atom stereocenters. The highest BCUT2D eigenvalue weighted by Gasteiger charge is 2.19. The number of hydrogen-bond acceptors (Lipinski definition) is 2. The van der Waals surface area contributed by atoms with E-state index in [9.17, 15) is 5.11 Å². The van der Waals surface area contributed by atoms with Gasteiger partial charge in [-0.2, -0.15) is 0 Å². The van der Waals surface area contributed by atoms with Crippen molar-refractivity contribution in [2.45, 2.75) is 45.1 Å². The van der Waals surface area contributed by atoms with E-state index >= 15 is 0 Å². The van der Waals surface area contributed by atoms with E-state index < -0.39 is 6.10 Å². The van der Waals surface area contributed by atoms with E-state index in [1.165, 1.54) is 24.2 Å². The van der Waals surface area contributed by atoms with Gasteiger partial charge in [-0.15, -0.1) is 0 Å². The summed E-state index contributed by atoms with van der Waals surface area (Å²) in [5.74, 6) is 0. The second-order valence-corrected chi connectivity index (χ2v) is 5.20. The topological polar surface area (TPSA) is 38.0 Å². The number of benzene rings is 1. The molecule has 0 bridgehead atoms. The summed E-state index contributed by atoms with van der Waals surface area (Å²) >= 11 is 0. The van der Waals surface area contributed by atoms with Crippen molar-refractivity contribution in [1.29, 1.82) is 0 Å². The van der Waals surface area contributed by atoms with E-state index in [1.807, 2.05) is 31.5 Å². The quantitative estimate of drug-likeness (QED) is 0.915. The third-order valence-corrected chi connectivity index (χ3v) is 3.97. The van der Waals surface area contributed by atoms with Crippen LogP contribution in [-0.4, -0.2) is 14.7 Å². The smallest absolute Gasteiger partial charge is 0.0997 e.